The van der Waals surface area contributed by atoms with E-state index in [0.29, 0.717) is 27.2 Å². The van der Waals surface area contributed by atoms with Crippen LogP contribution in [-0.4, -0.2) is 35.6 Å². The Hall–Kier alpha value is -1.40. The molecule has 0 heterocycles. The first-order chi connectivity index (χ1) is 13.9. The number of likely N-dealkylation sites (N-methyl/N-ethyl adjacent to an activating group) is 1. The Morgan fingerprint density at radius 1 is 1.07 bits per heavy atom. The molecule has 8 heteroatoms. The zero-order chi connectivity index (χ0) is 21.4. The second-order valence-electron chi connectivity index (χ2n) is 6.39. The summed E-state index contributed by atoms with van der Waals surface area (Å²) in [7, 11) is 1.57. The van der Waals surface area contributed by atoms with Crippen molar-refractivity contribution in [3.8, 4) is 0 Å². The van der Waals surface area contributed by atoms with Gasteiger partial charge in [-0.05, 0) is 35.7 Å². The van der Waals surface area contributed by atoms with E-state index in [-0.39, 0.29) is 24.1 Å². The Morgan fingerprint density at radius 3 is 2.41 bits per heavy atom. The summed E-state index contributed by atoms with van der Waals surface area (Å²) >= 11 is 19.7. The molecule has 156 valence electrons. The Bertz CT molecular complexity index is 864. The lowest BCUT2D eigenvalue weighted by molar-refractivity contribution is -0.139. The molecular weight excluding hydrogens is 451 g/mol. The predicted octanol–water partition coefficient (Wildman–Crippen LogP) is 5.43. The predicted molar refractivity (Wildman–Crippen MR) is 123 cm³/mol. The minimum absolute atomic E-state index is 0.120. The third-order valence-corrected chi connectivity index (χ3v) is 6.51. The summed E-state index contributed by atoms with van der Waals surface area (Å²) in [5, 5.41) is 4.20. The van der Waals surface area contributed by atoms with Crippen LogP contribution in [-0.2, 0) is 21.9 Å². The third kappa shape index (κ3) is 6.82. The minimum Gasteiger partial charge on any atom is -0.357 e. The Morgan fingerprint density at radius 2 is 1.79 bits per heavy atom. The fourth-order valence-electron chi connectivity index (χ4n) is 2.86. The monoisotopic (exact) mass is 472 g/mol. The molecule has 1 atom stereocenters. The summed E-state index contributed by atoms with van der Waals surface area (Å²) < 4.78 is 0. The van der Waals surface area contributed by atoms with Crippen LogP contribution < -0.4 is 5.32 Å². The molecule has 0 unspecified atom stereocenters. The smallest absolute Gasteiger partial charge is 0.242 e. The summed E-state index contributed by atoms with van der Waals surface area (Å²) in [5.41, 5.74) is 1.78. The quantitative estimate of drug-likeness (QED) is 0.528. The lowest BCUT2D eigenvalue weighted by atomic mass is 10.1. The van der Waals surface area contributed by atoms with Crippen LogP contribution in [0.25, 0.3) is 0 Å². The highest BCUT2D eigenvalue weighted by atomic mass is 35.5. The highest BCUT2D eigenvalue weighted by Gasteiger charge is 2.28. The van der Waals surface area contributed by atoms with Gasteiger partial charge in [0.2, 0.25) is 11.8 Å². The maximum absolute atomic E-state index is 13.0. The Balaban J connectivity index is 2.11. The summed E-state index contributed by atoms with van der Waals surface area (Å²) in [6, 6.07) is 12.2. The van der Waals surface area contributed by atoms with E-state index < -0.39 is 6.04 Å². The van der Waals surface area contributed by atoms with Gasteiger partial charge in [-0.15, -0.1) is 11.8 Å². The van der Waals surface area contributed by atoms with E-state index in [1.165, 1.54) is 11.8 Å². The number of rotatable bonds is 9. The molecule has 0 aliphatic carbocycles. The summed E-state index contributed by atoms with van der Waals surface area (Å²) in [4.78, 5) is 27.0. The van der Waals surface area contributed by atoms with Crippen LogP contribution in [0.2, 0.25) is 15.1 Å². The van der Waals surface area contributed by atoms with Crippen LogP contribution in [0.1, 0.15) is 24.5 Å². The average molecular weight is 474 g/mol. The Kier molecular flexibility index (Phi) is 9.63. The van der Waals surface area contributed by atoms with Gasteiger partial charge < -0.3 is 10.2 Å². The molecule has 2 aromatic carbocycles. The van der Waals surface area contributed by atoms with Crippen LogP contribution in [0.5, 0.6) is 0 Å². The van der Waals surface area contributed by atoms with Gasteiger partial charge in [0.25, 0.3) is 0 Å². The molecule has 2 aromatic rings. The molecule has 0 fully saturated rings. The molecule has 0 spiro atoms. The summed E-state index contributed by atoms with van der Waals surface area (Å²) in [6.07, 6.45) is 0.507. The van der Waals surface area contributed by atoms with E-state index in [0.717, 1.165) is 11.1 Å². The zero-order valence-electron chi connectivity index (χ0n) is 16.3. The topological polar surface area (TPSA) is 49.4 Å². The lowest BCUT2D eigenvalue weighted by Gasteiger charge is -2.30. The maximum atomic E-state index is 13.0. The molecule has 4 nitrogen and oxygen atoms in total. The molecule has 0 bridgehead atoms. The van der Waals surface area contributed by atoms with Gasteiger partial charge in [-0.3, -0.25) is 9.59 Å². The molecule has 0 aromatic heterocycles. The number of hydrogen-bond acceptors (Lipinski definition) is 3. The molecule has 0 saturated carbocycles. The molecular formula is C21H23Cl3N2O2S. The normalized spacial score (nSPS) is 11.8. The largest absolute Gasteiger partial charge is 0.357 e. The van der Waals surface area contributed by atoms with E-state index >= 15 is 0 Å². The molecule has 0 radical (unpaired) electrons. The molecule has 0 aliphatic rings. The third-order valence-electron chi connectivity index (χ3n) is 4.41. The number of hydrogen-bond donors (Lipinski definition) is 1. The van der Waals surface area contributed by atoms with Crippen LogP contribution in [0.15, 0.2) is 42.5 Å². The molecule has 0 saturated heterocycles. The highest BCUT2D eigenvalue weighted by molar-refractivity contribution is 7.99. The van der Waals surface area contributed by atoms with Gasteiger partial charge in [0.15, 0.2) is 0 Å². The standard InChI is InChI=1S/C21H23Cl3N2O2S/c1-3-19(21(28)25-2)26(11-15-6-4-5-7-16(15)22)20(27)13-29-12-14-8-9-17(23)18(24)10-14/h4-10,19H,3,11-13H2,1-2H3,(H,25,28)/t19-/m1/s1. The van der Waals surface area contributed by atoms with Crippen molar-refractivity contribution in [2.45, 2.75) is 31.7 Å². The Labute approximate surface area is 190 Å². The second kappa shape index (κ2) is 11.7. The van der Waals surface area contributed by atoms with Crippen molar-refractivity contribution in [1.29, 1.82) is 0 Å². The number of carbonyl (C=O) groups excluding carboxylic acids is 2. The van der Waals surface area contributed by atoms with Gasteiger partial charge in [-0.2, -0.15) is 0 Å². The van der Waals surface area contributed by atoms with Crippen LogP contribution in [0.3, 0.4) is 0 Å². The van der Waals surface area contributed by atoms with Gasteiger partial charge in [0, 0.05) is 24.4 Å². The first-order valence-electron chi connectivity index (χ1n) is 9.13. The SMILES string of the molecule is CC[C@H](C(=O)NC)N(Cc1ccccc1Cl)C(=O)CSCc1ccc(Cl)c(Cl)c1. The van der Waals surface area contributed by atoms with Gasteiger partial charge >= 0.3 is 0 Å². The summed E-state index contributed by atoms with van der Waals surface area (Å²) in [5.74, 6) is 0.533. The van der Waals surface area contributed by atoms with Crippen molar-refractivity contribution >= 4 is 58.4 Å². The van der Waals surface area contributed by atoms with E-state index in [1.807, 2.05) is 31.2 Å². The lowest BCUT2D eigenvalue weighted by Crippen LogP contribution is -2.48. The number of amides is 2. The van der Waals surface area contributed by atoms with Crippen LogP contribution in [0, 0.1) is 0 Å². The van der Waals surface area contributed by atoms with E-state index in [4.69, 9.17) is 34.8 Å². The molecule has 2 amide bonds. The van der Waals surface area contributed by atoms with Crippen molar-refractivity contribution in [2.24, 2.45) is 0 Å². The fourth-order valence-corrected chi connectivity index (χ4v) is 4.24. The average Bonchev–Trinajstić information content (AvgIpc) is 2.71. The molecule has 1 N–H and O–H groups in total. The van der Waals surface area contributed by atoms with Crippen molar-refractivity contribution in [3.05, 3.63) is 68.7 Å². The number of nitrogens with one attached hydrogen (secondary N) is 1. The first kappa shape index (κ1) is 23.9. The van der Waals surface area contributed by atoms with Gasteiger partial charge in [-0.1, -0.05) is 66.0 Å². The van der Waals surface area contributed by atoms with Gasteiger partial charge in [0.1, 0.15) is 6.04 Å². The zero-order valence-corrected chi connectivity index (χ0v) is 19.3. The van der Waals surface area contributed by atoms with Crippen LogP contribution >= 0.6 is 46.6 Å². The number of halogens is 3. The van der Waals surface area contributed by atoms with Crippen molar-refractivity contribution in [1.82, 2.24) is 10.2 Å². The highest BCUT2D eigenvalue weighted by Crippen LogP contribution is 2.25. The number of nitrogens with zero attached hydrogens (tertiary/aromatic N) is 1. The molecule has 2 rings (SSSR count). The molecule has 0 aliphatic heterocycles. The second-order valence-corrected chi connectivity index (χ2v) is 8.60. The van der Waals surface area contributed by atoms with E-state index in [1.54, 1.807) is 30.1 Å². The number of carbonyl (C=O) groups is 2. The van der Waals surface area contributed by atoms with Crippen LogP contribution in [0.4, 0.5) is 0 Å². The van der Waals surface area contributed by atoms with Crippen molar-refractivity contribution < 1.29 is 9.59 Å². The number of benzene rings is 2. The van der Waals surface area contributed by atoms with Crippen molar-refractivity contribution in [3.63, 3.8) is 0 Å². The maximum Gasteiger partial charge on any atom is 0.242 e. The van der Waals surface area contributed by atoms with Crippen molar-refractivity contribution in [2.75, 3.05) is 12.8 Å². The van der Waals surface area contributed by atoms with E-state index in [2.05, 4.69) is 5.32 Å². The van der Waals surface area contributed by atoms with E-state index in [9.17, 15) is 9.59 Å². The van der Waals surface area contributed by atoms with Gasteiger partial charge in [-0.25, -0.2) is 0 Å². The minimum atomic E-state index is -0.561. The summed E-state index contributed by atoms with van der Waals surface area (Å²) in [6.45, 7) is 2.16. The number of thioether (sulfide) groups is 1. The van der Waals surface area contributed by atoms with Gasteiger partial charge in [0.05, 0.1) is 15.8 Å². The fraction of sp³-hybridized carbons (Fsp3) is 0.333. The molecule has 29 heavy (non-hydrogen) atoms. The first-order valence-corrected chi connectivity index (χ1v) is 11.4.